The number of carbonyl (C=O) groups is 2. The van der Waals surface area contributed by atoms with Gasteiger partial charge in [0.15, 0.2) is 0 Å². The molecule has 0 aliphatic carbocycles. The van der Waals surface area contributed by atoms with E-state index in [1.165, 1.54) is 0 Å². The predicted octanol–water partition coefficient (Wildman–Crippen LogP) is 3.48. The third-order valence-corrected chi connectivity index (χ3v) is 3.96. The number of carbonyl (C=O) groups excluding carboxylic acids is 2. The Morgan fingerprint density at radius 1 is 1.04 bits per heavy atom. The average Bonchev–Trinajstić information content (AvgIpc) is 2.60. The van der Waals surface area contributed by atoms with E-state index < -0.39 is 0 Å². The first kappa shape index (κ1) is 18.3. The molecule has 0 aliphatic heterocycles. The maximum absolute atomic E-state index is 12.0. The molecule has 2 amide bonds. The van der Waals surface area contributed by atoms with Crippen LogP contribution in [0.15, 0.2) is 48.5 Å². The van der Waals surface area contributed by atoms with Crippen molar-refractivity contribution in [2.45, 2.75) is 13.3 Å². The maximum atomic E-state index is 12.0. The van der Waals surface area contributed by atoms with Crippen molar-refractivity contribution in [1.29, 1.82) is 0 Å². The molecule has 0 spiro atoms. The number of rotatable bonds is 7. The molecule has 5 nitrogen and oxygen atoms in total. The number of halogens is 1. The van der Waals surface area contributed by atoms with Crippen LogP contribution < -0.4 is 16.0 Å². The van der Waals surface area contributed by atoms with Gasteiger partial charge in [0.1, 0.15) is 0 Å². The van der Waals surface area contributed by atoms with Crippen molar-refractivity contribution < 1.29 is 9.59 Å². The molecule has 0 aromatic heterocycles. The lowest BCUT2D eigenvalue weighted by Gasteiger charge is -2.09. The fourth-order valence-corrected chi connectivity index (χ4v) is 2.39. The highest BCUT2D eigenvalue weighted by Gasteiger charge is 2.06. The quantitative estimate of drug-likeness (QED) is 0.581. The Morgan fingerprint density at radius 2 is 1.79 bits per heavy atom. The highest BCUT2D eigenvalue weighted by atomic mass is 127. The van der Waals surface area contributed by atoms with E-state index in [0.29, 0.717) is 12.1 Å². The van der Waals surface area contributed by atoms with Gasteiger partial charge in [-0.1, -0.05) is 13.0 Å². The standard InChI is InChI=1S/C18H20IN3O2/c1-2-10-20-18(24)13-4-3-5-16(11-13)21-12-17(23)22-15-8-6-14(19)7-9-15/h3-9,11,21H,2,10,12H2,1H3,(H,20,24)(H,22,23). The summed E-state index contributed by atoms with van der Waals surface area (Å²) in [4.78, 5) is 23.9. The highest BCUT2D eigenvalue weighted by molar-refractivity contribution is 14.1. The Balaban J connectivity index is 1.88. The van der Waals surface area contributed by atoms with E-state index >= 15 is 0 Å². The molecule has 0 fully saturated rings. The van der Waals surface area contributed by atoms with Crippen LogP contribution in [0.2, 0.25) is 0 Å². The summed E-state index contributed by atoms with van der Waals surface area (Å²) in [6, 6.07) is 14.7. The first-order valence-electron chi connectivity index (χ1n) is 7.76. The number of nitrogens with one attached hydrogen (secondary N) is 3. The molecular weight excluding hydrogens is 417 g/mol. The minimum atomic E-state index is -0.142. The highest BCUT2D eigenvalue weighted by Crippen LogP contribution is 2.12. The van der Waals surface area contributed by atoms with Crippen LogP contribution in [-0.4, -0.2) is 24.9 Å². The molecule has 0 heterocycles. The lowest BCUT2D eigenvalue weighted by molar-refractivity contribution is -0.114. The summed E-state index contributed by atoms with van der Waals surface area (Å²) >= 11 is 2.21. The van der Waals surface area contributed by atoms with Gasteiger partial charge in [0.2, 0.25) is 5.91 Å². The van der Waals surface area contributed by atoms with Crippen LogP contribution in [-0.2, 0) is 4.79 Å². The lowest BCUT2D eigenvalue weighted by Crippen LogP contribution is -2.24. The molecule has 0 unspecified atom stereocenters. The Labute approximate surface area is 155 Å². The minimum absolute atomic E-state index is 0.108. The number of hydrogen-bond donors (Lipinski definition) is 3. The molecule has 0 bridgehead atoms. The van der Waals surface area contributed by atoms with E-state index in [2.05, 4.69) is 38.5 Å². The smallest absolute Gasteiger partial charge is 0.251 e. The van der Waals surface area contributed by atoms with E-state index in [1.807, 2.05) is 37.3 Å². The maximum Gasteiger partial charge on any atom is 0.251 e. The zero-order valence-electron chi connectivity index (χ0n) is 13.4. The number of benzene rings is 2. The largest absolute Gasteiger partial charge is 0.376 e. The van der Waals surface area contributed by atoms with Gasteiger partial charge in [-0.3, -0.25) is 9.59 Å². The normalized spacial score (nSPS) is 10.1. The molecule has 0 aliphatic rings. The van der Waals surface area contributed by atoms with E-state index in [0.717, 1.165) is 21.4 Å². The molecule has 24 heavy (non-hydrogen) atoms. The van der Waals surface area contributed by atoms with Crippen molar-refractivity contribution in [3.05, 3.63) is 57.7 Å². The van der Waals surface area contributed by atoms with Crippen LogP contribution in [0.5, 0.6) is 0 Å². The van der Waals surface area contributed by atoms with Gasteiger partial charge < -0.3 is 16.0 Å². The van der Waals surface area contributed by atoms with Crippen LogP contribution in [0.4, 0.5) is 11.4 Å². The van der Waals surface area contributed by atoms with Gasteiger partial charge in [-0.25, -0.2) is 0 Å². The number of amides is 2. The molecule has 0 radical (unpaired) electrons. The second-order valence-corrected chi connectivity index (χ2v) is 6.49. The van der Waals surface area contributed by atoms with Gasteiger partial charge in [-0.2, -0.15) is 0 Å². The molecule has 0 saturated heterocycles. The first-order chi connectivity index (χ1) is 11.6. The Hall–Kier alpha value is -2.09. The second kappa shape index (κ2) is 9.27. The predicted molar refractivity (Wildman–Crippen MR) is 105 cm³/mol. The van der Waals surface area contributed by atoms with Crippen molar-refractivity contribution in [2.24, 2.45) is 0 Å². The molecule has 0 atom stereocenters. The van der Waals surface area contributed by atoms with Gasteiger partial charge >= 0.3 is 0 Å². The summed E-state index contributed by atoms with van der Waals surface area (Å²) in [5, 5.41) is 8.69. The van der Waals surface area contributed by atoms with Gasteiger partial charge in [0, 0.05) is 27.1 Å². The topological polar surface area (TPSA) is 70.2 Å². The fraction of sp³-hybridized carbons (Fsp3) is 0.222. The molecule has 3 N–H and O–H groups in total. The molecular formula is C18H20IN3O2. The summed E-state index contributed by atoms with van der Waals surface area (Å²) in [5.74, 6) is -0.249. The molecule has 2 aromatic carbocycles. The van der Waals surface area contributed by atoms with Crippen LogP contribution in [0, 0.1) is 3.57 Å². The zero-order chi connectivity index (χ0) is 17.4. The second-order valence-electron chi connectivity index (χ2n) is 5.25. The molecule has 6 heteroatoms. The van der Waals surface area contributed by atoms with Gasteiger partial charge in [-0.15, -0.1) is 0 Å². The summed E-state index contributed by atoms with van der Waals surface area (Å²) in [6.45, 7) is 2.78. The Kier molecular flexibility index (Phi) is 7.05. The Bertz CT molecular complexity index is 702. The zero-order valence-corrected chi connectivity index (χ0v) is 15.6. The van der Waals surface area contributed by atoms with Crippen molar-refractivity contribution >= 4 is 45.8 Å². The van der Waals surface area contributed by atoms with Crippen LogP contribution >= 0.6 is 22.6 Å². The van der Waals surface area contributed by atoms with Crippen LogP contribution in [0.1, 0.15) is 23.7 Å². The van der Waals surface area contributed by atoms with Gasteiger partial charge in [-0.05, 0) is 71.5 Å². The summed E-state index contributed by atoms with van der Waals surface area (Å²) in [7, 11) is 0. The van der Waals surface area contributed by atoms with E-state index in [4.69, 9.17) is 0 Å². The molecule has 2 rings (SSSR count). The van der Waals surface area contributed by atoms with Crippen LogP contribution in [0.25, 0.3) is 0 Å². The molecule has 0 saturated carbocycles. The summed E-state index contributed by atoms with van der Waals surface area (Å²) in [6.07, 6.45) is 0.891. The fourth-order valence-electron chi connectivity index (χ4n) is 2.03. The summed E-state index contributed by atoms with van der Waals surface area (Å²) < 4.78 is 1.11. The van der Waals surface area contributed by atoms with Gasteiger partial charge in [0.05, 0.1) is 6.54 Å². The van der Waals surface area contributed by atoms with Crippen molar-refractivity contribution in [3.63, 3.8) is 0 Å². The molecule has 126 valence electrons. The van der Waals surface area contributed by atoms with Crippen molar-refractivity contribution in [1.82, 2.24) is 5.32 Å². The van der Waals surface area contributed by atoms with Crippen molar-refractivity contribution in [2.75, 3.05) is 23.7 Å². The monoisotopic (exact) mass is 437 g/mol. The summed E-state index contributed by atoms with van der Waals surface area (Å²) in [5.41, 5.74) is 2.07. The number of anilines is 2. The SMILES string of the molecule is CCCNC(=O)c1cccc(NCC(=O)Nc2ccc(I)cc2)c1. The third kappa shape index (κ3) is 5.84. The lowest BCUT2D eigenvalue weighted by atomic mass is 10.2. The van der Waals surface area contributed by atoms with E-state index in [1.54, 1.807) is 18.2 Å². The minimum Gasteiger partial charge on any atom is -0.376 e. The van der Waals surface area contributed by atoms with E-state index in [-0.39, 0.29) is 18.4 Å². The third-order valence-electron chi connectivity index (χ3n) is 3.24. The molecule has 2 aromatic rings. The van der Waals surface area contributed by atoms with Gasteiger partial charge in [0.25, 0.3) is 5.91 Å². The Morgan fingerprint density at radius 3 is 2.50 bits per heavy atom. The first-order valence-corrected chi connectivity index (χ1v) is 8.84. The van der Waals surface area contributed by atoms with Crippen molar-refractivity contribution in [3.8, 4) is 0 Å². The van der Waals surface area contributed by atoms with Crippen LogP contribution in [0.3, 0.4) is 0 Å². The number of hydrogen-bond acceptors (Lipinski definition) is 3. The average molecular weight is 437 g/mol. The van der Waals surface area contributed by atoms with E-state index in [9.17, 15) is 9.59 Å².